The van der Waals surface area contributed by atoms with Crippen LogP contribution in [0.25, 0.3) is 6.08 Å². The van der Waals surface area contributed by atoms with E-state index in [1.54, 1.807) is 0 Å². The minimum atomic E-state index is -4.35. The minimum absolute atomic E-state index is 0.162. The molecule has 0 radical (unpaired) electrons. The van der Waals surface area contributed by atoms with E-state index in [0.717, 1.165) is 12.1 Å². The van der Waals surface area contributed by atoms with Crippen LogP contribution in [0.3, 0.4) is 0 Å². The lowest BCUT2D eigenvalue weighted by Gasteiger charge is -2.07. The number of carbonyl (C=O) groups excluding carboxylic acids is 1. The van der Waals surface area contributed by atoms with E-state index in [4.69, 9.17) is 4.74 Å². The van der Waals surface area contributed by atoms with Crippen LogP contribution in [0.1, 0.15) is 31.4 Å². The number of carbonyl (C=O) groups is 1. The number of benzene rings is 1. The number of hydrogen-bond acceptors (Lipinski definition) is 2. The van der Waals surface area contributed by atoms with E-state index in [2.05, 4.69) is 5.32 Å². The van der Waals surface area contributed by atoms with E-state index in [0.29, 0.717) is 25.1 Å². The first kappa shape index (κ1) is 18.2. The Bertz CT molecular complexity index is 493. The Labute approximate surface area is 128 Å². The zero-order valence-corrected chi connectivity index (χ0v) is 12.6. The number of ether oxygens (including phenoxy) is 1. The highest BCUT2D eigenvalue weighted by atomic mass is 19.4. The molecule has 0 aromatic heterocycles. The molecule has 0 unspecified atom stereocenters. The third-order valence-electron chi connectivity index (χ3n) is 2.74. The van der Waals surface area contributed by atoms with Crippen molar-refractivity contribution in [3.63, 3.8) is 0 Å². The van der Waals surface area contributed by atoms with E-state index in [9.17, 15) is 18.0 Å². The van der Waals surface area contributed by atoms with Gasteiger partial charge in [0.15, 0.2) is 0 Å². The Balaban J connectivity index is 2.36. The van der Waals surface area contributed by atoms with Crippen LogP contribution in [0.5, 0.6) is 0 Å². The molecule has 122 valence electrons. The van der Waals surface area contributed by atoms with Crippen molar-refractivity contribution in [3.8, 4) is 0 Å². The van der Waals surface area contributed by atoms with Gasteiger partial charge in [-0.25, -0.2) is 0 Å². The lowest BCUT2D eigenvalue weighted by Crippen LogP contribution is -2.23. The predicted octanol–water partition coefficient (Wildman–Crippen LogP) is 3.65. The molecule has 3 nitrogen and oxygen atoms in total. The highest BCUT2D eigenvalue weighted by Gasteiger charge is 2.29. The fraction of sp³-hybridized carbons (Fsp3) is 0.438. The molecule has 1 aromatic rings. The maximum atomic E-state index is 12.4. The molecule has 6 heteroatoms. The topological polar surface area (TPSA) is 38.3 Å². The van der Waals surface area contributed by atoms with Crippen LogP contribution in [0.15, 0.2) is 30.3 Å². The average molecular weight is 315 g/mol. The van der Waals surface area contributed by atoms with Gasteiger partial charge in [-0.3, -0.25) is 4.79 Å². The Morgan fingerprint density at radius 1 is 1.27 bits per heavy atom. The first-order chi connectivity index (χ1) is 10.3. The zero-order valence-electron chi connectivity index (χ0n) is 12.6. The monoisotopic (exact) mass is 315 g/mol. The summed E-state index contributed by atoms with van der Waals surface area (Å²) in [5, 5.41) is 2.68. The standard InChI is InChI=1S/C16H20F3NO2/c1-12(2)22-11-3-10-20-15(21)9-6-13-4-7-14(8-5-13)16(17,18)19/h4-9,12H,3,10-11H2,1-2H3,(H,20,21)/b9-6+. The third kappa shape index (κ3) is 7.26. The quantitative estimate of drug-likeness (QED) is 0.616. The molecule has 0 atom stereocenters. The van der Waals surface area contributed by atoms with Gasteiger partial charge in [-0.2, -0.15) is 13.2 Å². The summed E-state index contributed by atoms with van der Waals surface area (Å²) < 4.78 is 42.5. The number of nitrogens with one attached hydrogen (secondary N) is 1. The second-order valence-electron chi connectivity index (χ2n) is 5.02. The van der Waals surface area contributed by atoms with Crippen molar-refractivity contribution in [2.45, 2.75) is 32.5 Å². The molecule has 1 aromatic carbocycles. The van der Waals surface area contributed by atoms with Gasteiger partial charge in [0.2, 0.25) is 5.91 Å². The van der Waals surface area contributed by atoms with E-state index in [1.807, 2.05) is 13.8 Å². The van der Waals surface area contributed by atoms with Crippen molar-refractivity contribution in [2.24, 2.45) is 0 Å². The zero-order chi connectivity index (χ0) is 16.6. The first-order valence-corrected chi connectivity index (χ1v) is 7.04. The molecular weight excluding hydrogens is 295 g/mol. The SMILES string of the molecule is CC(C)OCCCNC(=O)/C=C/c1ccc(C(F)(F)F)cc1. The van der Waals surface area contributed by atoms with Gasteiger partial charge in [-0.15, -0.1) is 0 Å². The lowest BCUT2D eigenvalue weighted by molar-refractivity contribution is -0.137. The smallest absolute Gasteiger partial charge is 0.379 e. The van der Waals surface area contributed by atoms with Crippen LogP contribution >= 0.6 is 0 Å². The van der Waals surface area contributed by atoms with Crippen LogP contribution < -0.4 is 5.32 Å². The summed E-state index contributed by atoms with van der Waals surface area (Å²) in [6, 6.07) is 4.62. The van der Waals surface area contributed by atoms with Gasteiger partial charge < -0.3 is 10.1 Å². The van der Waals surface area contributed by atoms with Gasteiger partial charge in [-0.05, 0) is 44.0 Å². The summed E-state index contributed by atoms with van der Waals surface area (Å²) >= 11 is 0. The van der Waals surface area contributed by atoms with E-state index in [-0.39, 0.29) is 12.0 Å². The molecule has 1 N–H and O–H groups in total. The van der Waals surface area contributed by atoms with Crippen LogP contribution in [-0.4, -0.2) is 25.2 Å². The van der Waals surface area contributed by atoms with Crippen molar-refractivity contribution in [3.05, 3.63) is 41.5 Å². The van der Waals surface area contributed by atoms with Gasteiger partial charge in [-0.1, -0.05) is 12.1 Å². The Hall–Kier alpha value is -1.82. The summed E-state index contributed by atoms with van der Waals surface area (Å²) in [6.07, 6.45) is -0.711. The molecule has 0 saturated heterocycles. The fourth-order valence-electron chi connectivity index (χ4n) is 1.62. The first-order valence-electron chi connectivity index (χ1n) is 7.04. The average Bonchev–Trinajstić information content (AvgIpc) is 2.44. The molecule has 0 aliphatic heterocycles. The van der Waals surface area contributed by atoms with Crippen LogP contribution in [0.2, 0.25) is 0 Å². The van der Waals surface area contributed by atoms with Gasteiger partial charge in [0, 0.05) is 19.2 Å². The predicted molar refractivity (Wildman–Crippen MR) is 79.2 cm³/mol. The van der Waals surface area contributed by atoms with Crippen molar-refractivity contribution < 1.29 is 22.7 Å². The minimum Gasteiger partial charge on any atom is -0.379 e. The summed E-state index contributed by atoms with van der Waals surface area (Å²) in [5.74, 6) is -0.288. The molecule has 0 bridgehead atoms. The van der Waals surface area contributed by atoms with Crippen LogP contribution in [0.4, 0.5) is 13.2 Å². The summed E-state index contributed by atoms with van der Waals surface area (Å²) in [7, 11) is 0. The summed E-state index contributed by atoms with van der Waals surface area (Å²) in [6.45, 7) is 4.93. The van der Waals surface area contributed by atoms with Crippen LogP contribution in [-0.2, 0) is 15.7 Å². The molecule has 0 aliphatic rings. The molecule has 0 heterocycles. The van der Waals surface area contributed by atoms with E-state index in [1.165, 1.54) is 24.3 Å². The van der Waals surface area contributed by atoms with Crippen molar-refractivity contribution in [1.29, 1.82) is 0 Å². The Kier molecular flexibility index (Phi) is 7.11. The van der Waals surface area contributed by atoms with E-state index >= 15 is 0 Å². The van der Waals surface area contributed by atoms with Gasteiger partial charge in [0.25, 0.3) is 0 Å². The molecule has 0 spiro atoms. The van der Waals surface area contributed by atoms with Crippen LogP contribution in [0, 0.1) is 0 Å². The Morgan fingerprint density at radius 3 is 2.45 bits per heavy atom. The number of rotatable bonds is 7. The largest absolute Gasteiger partial charge is 0.416 e. The number of halogens is 3. The van der Waals surface area contributed by atoms with E-state index < -0.39 is 11.7 Å². The molecule has 0 saturated carbocycles. The van der Waals surface area contributed by atoms with Crippen molar-refractivity contribution >= 4 is 12.0 Å². The van der Waals surface area contributed by atoms with Gasteiger partial charge in [0.05, 0.1) is 11.7 Å². The molecule has 0 fully saturated rings. The molecule has 1 rings (SSSR count). The second kappa shape index (κ2) is 8.58. The molecule has 1 amide bonds. The number of amides is 1. The second-order valence-corrected chi connectivity index (χ2v) is 5.02. The normalized spacial score (nSPS) is 12.1. The third-order valence-corrected chi connectivity index (χ3v) is 2.74. The van der Waals surface area contributed by atoms with Gasteiger partial charge >= 0.3 is 6.18 Å². The summed E-state index contributed by atoms with van der Waals surface area (Å²) in [5.41, 5.74) is -0.175. The highest BCUT2D eigenvalue weighted by Crippen LogP contribution is 2.29. The molecular formula is C16H20F3NO2. The maximum Gasteiger partial charge on any atom is 0.416 e. The van der Waals surface area contributed by atoms with Crippen molar-refractivity contribution in [1.82, 2.24) is 5.32 Å². The summed E-state index contributed by atoms with van der Waals surface area (Å²) in [4.78, 5) is 11.5. The highest BCUT2D eigenvalue weighted by molar-refractivity contribution is 5.91. The van der Waals surface area contributed by atoms with Crippen molar-refractivity contribution in [2.75, 3.05) is 13.2 Å². The Morgan fingerprint density at radius 2 is 1.91 bits per heavy atom. The van der Waals surface area contributed by atoms with Gasteiger partial charge in [0.1, 0.15) is 0 Å². The maximum absolute atomic E-state index is 12.4. The number of alkyl halides is 3. The fourth-order valence-corrected chi connectivity index (χ4v) is 1.62. The molecule has 22 heavy (non-hydrogen) atoms. The lowest BCUT2D eigenvalue weighted by atomic mass is 10.1. The molecule has 0 aliphatic carbocycles. The number of hydrogen-bond donors (Lipinski definition) is 1.